The summed E-state index contributed by atoms with van der Waals surface area (Å²) in [5, 5.41) is 11.5. The molecule has 16 heavy (non-hydrogen) atoms. The van der Waals surface area contributed by atoms with Gasteiger partial charge in [0.2, 0.25) is 0 Å². The number of nitrogens with zero attached hydrogens (tertiary/aromatic N) is 1. The average Bonchev–Trinajstić information content (AvgIpc) is 2.67. The molecular formula is C13H17NOS. The van der Waals surface area contributed by atoms with Crippen molar-refractivity contribution in [3.63, 3.8) is 0 Å². The van der Waals surface area contributed by atoms with Gasteiger partial charge in [-0.25, -0.2) is 0 Å². The van der Waals surface area contributed by atoms with E-state index in [4.69, 9.17) is 0 Å². The van der Waals surface area contributed by atoms with Crippen LogP contribution in [0.1, 0.15) is 37.1 Å². The van der Waals surface area contributed by atoms with Crippen LogP contribution in [0.4, 0.5) is 0 Å². The number of rotatable bonds is 5. The van der Waals surface area contributed by atoms with Crippen LogP contribution >= 0.6 is 11.3 Å². The van der Waals surface area contributed by atoms with Gasteiger partial charge >= 0.3 is 0 Å². The summed E-state index contributed by atoms with van der Waals surface area (Å²) in [5.41, 5.74) is 0.585. The van der Waals surface area contributed by atoms with E-state index in [2.05, 4.69) is 6.07 Å². The molecule has 1 atom stereocenters. The summed E-state index contributed by atoms with van der Waals surface area (Å²) in [5.74, 6) is 0.214. The van der Waals surface area contributed by atoms with E-state index in [1.165, 1.54) is 4.88 Å². The Morgan fingerprint density at radius 2 is 2.31 bits per heavy atom. The monoisotopic (exact) mass is 235 g/mol. The lowest BCUT2D eigenvalue weighted by Crippen LogP contribution is -2.31. The van der Waals surface area contributed by atoms with Gasteiger partial charge in [-0.2, -0.15) is 5.26 Å². The smallest absolute Gasteiger partial charge is 0.120 e. The van der Waals surface area contributed by atoms with E-state index in [0.717, 1.165) is 11.8 Å². The zero-order chi connectivity index (χ0) is 12.2. The predicted octanol–water partition coefficient (Wildman–Crippen LogP) is 3.45. The molecule has 0 bridgehead atoms. The first-order valence-corrected chi connectivity index (χ1v) is 6.36. The summed E-state index contributed by atoms with van der Waals surface area (Å²) in [6.07, 6.45) is 1.96. The van der Waals surface area contributed by atoms with Crippen LogP contribution in [0.25, 0.3) is 0 Å². The Labute approximate surface area is 101 Å². The summed E-state index contributed by atoms with van der Waals surface area (Å²) in [6.45, 7) is 6.13. The van der Waals surface area contributed by atoms with Crippen molar-refractivity contribution in [3.05, 3.63) is 21.9 Å². The van der Waals surface area contributed by atoms with Gasteiger partial charge in [0.1, 0.15) is 6.29 Å². The quantitative estimate of drug-likeness (QED) is 0.733. The van der Waals surface area contributed by atoms with Gasteiger partial charge in [-0.3, -0.25) is 0 Å². The summed E-state index contributed by atoms with van der Waals surface area (Å²) in [6, 6.07) is 4.46. The Bertz CT molecular complexity index is 402. The van der Waals surface area contributed by atoms with E-state index >= 15 is 0 Å². The summed E-state index contributed by atoms with van der Waals surface area (Å²) in [4.78, 5) is 11.7. The molecule has 0 aliphatic heterocycles. The minimum Gasteiger partial charge on any atom is -0.303 e. The standard InChI is InChI=1S/C13H17NOS/c1-10(2)13(9-14,6-4-7-15)12-5-8-16-11(12)3/h5,7-8,10H,4,6H2,1-3H3. The van der Waals surface area contributed by atoms with Gasteiger partial charge in [0, 0.05) is 11.3 Å². The SMILES string of the molecule is Cc1sccc1C(C#N)(CCC=O)C(C)C. The van der Waals surface area contributed by atoms with Crippen molar-refractivity contribution in [2.45, 2.75) is 39.0 Å². The van der Waals surface area contributed by atoms with Crippen molar-refractivity contribution in [2.24, 2.45) is 5.92 Å². The zero-order valence-corrected chi connectivity index (χ0v) is 10.8. The van der Waals surface area contributed by atoms with Crippen molar-refractivity contribution < 1.29 is 4.79 Å². The van der Waals surface area contributed by atoms with Crippen molar-refractivity contribution in [1.29, 1.82) is 5.26 Å². The summed E-state index contributed by atoms with van der Waals surface area (Å²) in [7, 11) is 0. The van der Waals surface area contributed by atoms with Crippen LogP contribution in [0, 0.1) is 24.2 Å². The molecule has 0 spiro atoms. The van der Waals surface area contributed by atoms with Crippen LogP contribution in [-0.2, 0) is 10.2 Å². The molecule has 1 aromatic heterocycles. The lowest BCUT2D eigenvalue weighted by Gasteiger charge is -2.30. The molecule has 0 amide bonds. The van der Waals surface area contributed by atoms with Crippen LogP contribution in [0.2, 0.25) is 0 Å². The van der Waals surface area contributed by atoms with Crippen LogP contribution in [0.15, 0.2) is 11.4 Å². The Kier molecular flexibility index (Phi) is 4.26. The molecule has 0 aromatic carbocycles. The number of carbonyl (C=O) groups excluding carboxylic acids is 1. The first kappa shape index (κ1) is 12.9. The van der Waals surface area contributed by atoms with Gasteiger partial charge < -0.3 is 4.79 Å². The summed E-state index contributed by atoms with van der Waals surface area (Å²) < 4.78 is 0. The molecule has 1 rings (SSSR count). The number of carbonyl (C=O) groups is 1. The number of aldehydes is 1. The van der Waals surface area contributed by atoms with Gasteiger partial charge in [-0.05, 0) is 36.3 Å². The molecule has 1 unspecified atom stereocenters. The molecule has 2 nitrogen and oxygen atoms in total. The van der Waals surface area contributed by atoms with Gasteiger partial charge in [0.25, 0.3) is 0 Å². The topological polar surface area (TPSA) is 40.9 Å². The third-order valence-corrected chi connectivity index (χ3v) is 4.03. The van der Waals surface area contributed by atoms with Gasteiger partial charge in [0.05, 0.1) is 11.5 Å². The van der Waals surface area contributed by atoms with Crippen LogP contribution < -0.4 is 0 Å². The largest absolute Gasteiger partial charge is 0.303 e. The number of hydrogen-bond acceptors (Lipinski definition) is 3. The summed E-state index contributed by atoms with van der Waals surface area (Å²) >= 11 is 1.66. The minimum atomic E-state index is -0.509. The van der Waals surface area contributed by atoms with E-state index in [1.807, 2.05) is 32.2 Å². The highest BCUT2D eigenvalue weighted by molar-refractivity contribution is 7.10. The Hall–Kier alpha value is -1.14. The molecule has 0 aliphatic carbocycles. The fourth-order valence-corrected chi connectivity index (χ4v) is 2.90. The molecule has 0 saturated carbocycles. The normalized spacial score (nSPS) is 14.4. The lowest BCUT2D eigenvalue weighted by atomic mass is 9.70. The number of nitriles is 1. The lowest BCUT2D eigenvalue weighted by molar-refractivity contribution is -0.108. The Morgan fingerprint density at radius 3 is 2.69 bits per heavy atom. The number of aryl methyl sites for hydroxylation is 1. The fraction of sp³-hybridized carbons (Fsp3) is 0.538. The number of thiophene rings is 1. The van der Waals surface area contributed by atoms with Crippen molar-refractivity contribution in [2.75, 3.05) is 0 Å². The molecule has 0 N–H and O–H groups in total. The molecule has 1 aromatic rings. The van der Waals surface area contributed by atoms with E-state index < -0.39 is 5.41 Å². The fourth-order valence-electron chi connectivity index (χ4n) is 2.11. The predicted molar refractivity (Wildman–Crippen MR) is 66.5 cm³/mol. The van der Waals surface area contributed by atoms with Crippen molar-refractivity contribution in [3.8, 4) is 6.07 Å². The molecule has 0 fully saturated rings. The zero-order valence-electron chi connectivity index (χ0n) is 9.99. The highest BCUT2D eigenvalue weighted by Gasteiger charge is 2.37. The van der Waals surface area contributed by atoms with Crippen LogP contribution in [0.3, 0.4) is 0 Å². The van der Waals surface area contributed by atoms with Crippen molar-refractivity contribution >= 4 is 17.6 Å². The van der Waals surface area contributed by atoms with Crippen LogP contribution in [0.5, 0.6) is 0 Å². The van der Waals surface area contributed by atoms with Gasteiger partial charge in [-0.15, -0.1) is 11.3 Å². The van der Waals surface area contributed by atoms with Gasteiger partial charge in [0.15, 0.2) is 0 Å². The maximum absolute atomic E-state index is 10.5. The molecule has 0 saturated heterocycles. The van der Waals surface area contributed by atoms with Gasteiger partial charge in [-0.1, -0.05) is 13.8 Å². The Morgan fingerprint density at radius 1 is 1.62 bits per heavy atom. The van der Waals surface area contributed by atoms with Crippen LogP contribution in [-0.4, -0.2) is 6.29 Å². The minimum absolute atomic E-state index is 0.214. The second-order valence-corrected chi connectivity index (χ2v) is 5.45. The first-order chi connectivity index (χ1) is 7.58. The van der Waals surface area contributed by atoms with E-state index in [9.17, 15) is 10.1 Å². The average molecular weight is 235 g/mol. The maximum Gasteiger partial charge on any atom is 0.120 e. The molecule has 0 radical (unpaired) electrons. The number of hydrogen-bond donors (Lipinski definition) is 0. The Balaban J connectivity index is 3.18. The highest BCUT2D eigenvalue weighted by Crippen LogP contribution is 2.39. The first-order valence-electron chi connectivity index (χ1n) is 5.48. The maximum atomic E-state index is 10.5. The molecule has 3 heteroatoms. The second-order valence-electron chi connectivity index (χ2n) is 4.33. The molecular weight excluding hydrogens is 218 g/mol. The molecule has 1 heterocycles. The third-order valence-electron chi connectivity index (χ3n) is 3.18. The molecule has 0 aliphatic rings. The van der Waals surface area contributed by atoms with E-state index in [-0.39, 0.29) is 5.92 Å². The van der Waals surface area contributed by atoms with E-state index in [1.54, 1.807) is 11.3 Å². The van der Waals surface area contributed by atoms with E-state index in [0.29, 0.717) is 12.8 Å². The second kappa shape index (κ2) is 5.27. The van der Waals surface area contributed by atoms with Crippen molar-refractivity contribution in [1.82, 2.24) is 0 Å². The molecule has 86 valence electrons. The highest BCUT2D eigenvalue weighted by atomic mass is 32.1. The third kappa shape index (κ3) is 2.17.